The van der Waals surface area contributed by atoms with E-state index in [4.69, 9.17) is 11.6 Å². The summed E-state index contributed by atoms with van der Waals surface area (Å²) < 4.78 is 1.64. The molecule has 1 aliphatic carbocycles. The third kappa shape index (κ3) is 2.68. The Morgan fingerprint density at radius 2 is 2.20 bits per heavy atom. The smallest absolute Gasteiger partial charge is 0.311 e. The summed E-state index contributed by atoms with van der Waals surface area (Å²) >= 11 is 5.86. The van der Waals surface area contributed by atoms with Gasteiger partial charge in [0.15, 0.2) is 0 Å². The van der Waals surface area contributed by atoms with E-state index < -0.39 is 11.4 Å². The molecule has 1 aliphatic rings. The number of nitrogens with one attached hydrogen (secondary N) is 1. The van der Waals surface area contributed by atoms with Crippen LogP contribution in [0.2, 0.25) is 5.02 Å². The van der Waals surface area contributed by atoms with Crippen molar-refractivity contribution in [1.82, 2.24) is 9.88 Å². The standard InChI is InChI=1S/C14H19ClN2O3/c1-14(13(19)20)6-4-3-5-11(14)16-12(18)10-7-9(15)8-17(10)2/h7-8,11H,3-6H2,1-2H3,(H,16,18)(H,19,20). The molecular formula is C14H19ClN2O3. The molecule has 0 aromatic carbocycles. The highest BCUT2D eigenvalue weighted by Gasteiger charge is 2.44. The van der Waals surface area contributed by atoms with Gasteiger partial charge in [-0.25, -0.2) is 0 Å². The highest BCUT2D eigenvalue weighted by atomic mass is 35.5. The molecule has 0 spiro atoms. The second kappa shape index (κ2) is 5.48. The maximum absolute atomic E-state index is 12.3. The van der Waals surface area contributed by atoms with Crippen LogP contribution in [0.25, 0.3) is 0 Å². The maximum atomic E-state index is 12.3. The number of nitrogens with zero attached hydrogens (tertiary/aromatic N) is 1. The quantitative estimate of drug-likeness (QED) is 0.900. The zero-order valence-corrected chi connectivity index (χ0v) is 12.4. The molecule has 2 N–H and O–H groups in total. The molecule has 2 unspecified atom stereocenters. The predicted molar refractivity (Wildman–Crippen MR) is 75.9 cm³/mol. The number of hydrogen-bond acceptors (Lipinski definition) is 2. The Labute approximate surface area is 122 Å². The SMILES string of the molecule is Cn1cc(Cl)cc1C(=O)NC1CCCCC1(C)C(=O)O. The summed E-state index contributed by atoms with van der Waals surface area (Å²) in [5.74, 6) is -1.13. The van der Waals surface area contributed by atoms with Gasteiger partial charge in [0.05, 0.1) is 10.4 Å². The van der Waals surface area contributed by atoms with Gasteiger partial charge < -0.3 is 15.0 Å². The number of aromatic nitrogens is 1. The molecule has 2 rings (SSSR count). The average Bonchev–Trinajstić information content (AvgIpc) is 2.71. The van der Waals surface area contributed by atoms with Gasteiger partial charge in [-0.3, -0.25) is 9.59 Å². The van der Waals surface area contributed by atoms with Crippen LogP contribution in [-0.4, -0.2) is 27.6 Å². The lowest BCUT2D eigenvalue weighted by Crippen LogP contribution is -2.52. The van der Waals surface area contributed by atoms with Gasteiger partial charge in [0.25, 0.3) is 5.91 Å². The van der Waals surface area contributed by atoms with Crippen molar-refractivity contribution in [3.05, 3.63) is 23.0 Å². The first kappa shape index (κ1) is 14.9. The van der Waals surface area contributed by atoms with Crippen LogP contribution in [0.4, 0.5) is 0 Å². The van der Waals surface area contributed by atoms with Gasteiger partial charge in [0, 0.05) is 19.3 Å². The van der Waals surface area contributed by atoms with Crippen molar-refractivity contribution in [2.45, 2.75) is 38.6 Å². The molecule has 5 nitrogen and oxygen atoms in total. The predicted octanol–water partition coefficient (Wildman–Crippen LogP) is 2.44. The van der Waals surface area contributed by atoms with Crippen molar-refractivity contribution >= 4 is 23.5 Å². The van der Waals surface area contributed by atoms with Gasteiger partial charge in [0.2, 0.25) is 0 Å². The number of carbonyl (C=O) groups is 2. The van der Waals surface area contributed by atoms with Crippen LogP contribution in [0.5, 0.6) is 0 Å². The summed E-state index contributed by atoms with van der Waals surface area (Å²) in [5.41, 5.74) is -0.462. The molecule has 1 saturated carbocycles. The molecule has 1 amide bonds. The molecule has 1 aromatic rings. The van der Waals surface area contributed by atoms with E-state index >= 15 is 0 Å². The molecule has 1 fully saturated rings. The van der Waals surface area contributed by atoms with Gasteiger partial charge in [-0.05, 0) is 25.8 Å². The minimum absolute atomic E-state index is 0.279. The Balaban J connectivity index is 2.17. The normalized spacial score (nSPS) is 26.2. The highest BCUT2D eigenvalue weighted by molar-refractivity contribution is 6.31. The topological polar surface area (TPSA) is 71.3 Å². The van der Waals surface area contributed by atoms with Crippen LogP contribution < -0.4 is 5.32 Å². The highest BCUT2D eigenvalue weighted by Crippen LogP contribution is 2.36. The van der Waals surface area contributed by atoms with Crippen molar-refractivity contribution in [3.63, 3.8) is 0 Å². The van der Waals surface area contributed by atoms with E-state index in [0.717, 1.165) is 12.8 Å². The fourth-order valence-corrected chi connectivity index (χ4v) is 3.05. The van der Waals surface area contributed by atoms with Gasteiger partial charge in [-0.1, -0.05) is 24.4 Å². The Bertz CT molecular complexity index is 541. The number of hydrogen-bond donors (Lipinski definition) is 2. The lowest BCUT2D eigenvalue weighted by Gasteiger charge is -2.38. The number of halogens is 1. The number of carbonyl (C=O) groups excluding carboxylic acids is 1. The number of aliphatic carboxylic acids is 1. The molecule has 110 valence electrons. The second-order valence-electron chi connectivity index (χ2n) is 5.65. The van der Waals surface area contributed by atoms with Gasteiger partial charge in [0.1, 0.15) is 5.69 Å². The molecule has 0 bridgehead atoms. The average molecular weight is 299 g/mol. The van der Waals surface area contributed by atoms with E-state index in [-0.39, 0.29) is 11.9 Å². The summed E-state index contributed by atoms with van der Waals surface area (Å²) in [4.78, 5) is 23.8. The molecule has 1 aromatic heterocycles. The minimum Gasteiger partial charge on any atom is -0.481 e. The van der Waals surface area contributed by atoms with Crippen LogP contribution >= 0.6 is 11.6 Å². The van der Waals surface area contributed by atoms with Crippen molar-refractivity contribution in [2.24, 2.45) is 12.5 Å². The number of rotatable bonds is 3. The monoisotopic (exact) mass is 298 g/mol. The van der Waals surface area contributed by atoms with E-state index in [1.807, 2.05) is 0 Å². The van der Waals surface area contributed by atoms with E-state index in [9.17, 15) is 14.7 Å². The van der Waals surface area contributed by atoms with Crippen LogP contribution in [0.1, 0.15) is 43.1 Å². The van der Waals surface area contributed by atoms with Gasteiger partial charge >= 0.3 is 5.97 Å². The Morgan fingerprint density at radius 1 is 1.50 bits per heavy atom. The van der Waals surface area contributed by atoms with Gasteiger partial charge in [-0.15, -0.1) is 0 Å². The largest absolute Gasteiger partial charge is 0.481 e. The Kier molecular flexibility index (Phi) is 4.09. The van der Waals surface area contributed by atoms with Gasteiger partial charge in [-0.2, -0.15) is 0 Å². The zero-order valence-electron chi connectivity index (χ0n) is 11.6. The summed E-state index contributed by atoms with van der Waals surface area (Å²) in [5, 5.41) is 12.8. The first-order valence-electron chi connectivity index (χ1n) is 6.71. The zero-order chi connectivity index (χ0) is 14.9. The van der Waals surface area contributed by atoms with E-state index in [1.165, 1.54) is 0 Å². The number of carboxylic acid groups (broad SMARTS) is 1. The number of aryl methyl sites for hydroxylation is 1. The molecule has 0 radical (unpaired) electrons. The van der Waals surface area contributed by atoms with E-state index in [0.29, 0.717) is 23.6 Å². The van der Waals surface area contributed by atoms with Crippen molar-refractivity contribution in [2.75, 3.05) is 0 Å². The third-order valence-corrected chi connectivity index (χ3v) is 4.41. The first-order chi connectivity index (χ1) is 9.34. The fourth-order valence-electron chi connectivity index (χ4n) is 2.80. The van der Waals surface area contributed by atoms with Crippen LogP contribution in [0.15, 0.2) is 12.3 Å². The number of carboxylic acids is 1. The Hall–Kier alpha value is -1.49. The summed E-state index contributed by atoms with van der Waals surface area (Å²) in [6, 6.07) is 1.23. The molecule has 0 saturated heterocycles. The molecule has 20 heavy (non-hydrogen) atoms. The summed E-state index contributed by atoms with van der Waals surface area (Å²) in [6.45, 7) is 1.71. The molecule has 1 heterocycles. The van der Waals surface area contributed by atoms with E-state index in [2.05, 4.69) is 5.32 Å². The minimum atomic E-state index is -0.900. The molecular weight excluding hydrogens is 280 g/mol. The summed E-state index contributed by atoms with van der Waals surface area (Å²) in [7, 11) is 1.73. The lowest BCUT2D eigenvalue weighted by molar-refractivity contribution is -0.151. The molecule has 2 atom stereocenters. The maximum Gasteiger partial charge on any atom is 0.311 e. The molecule has 6 heteroatoms. The first-order valence-corrected chi connectivity index (χ1v) is 7.08. The lowest BCUT2D eigenvalue weighted by atomic mass is 9.71. The van der Waals surface area contributed by atoms with Crippen LogP contribution in [-0.2, 0) is 11.8 Å². The van der Waals surface area contributed by atoms with Crippen molar-refractivity contribution in [1.29, 1.82) is 0 Å². The fraction of sp³-hybridized carbons (Fsp3) is 0.571. The third-order valence-electron chi connectivity index (χ3n) is 4.21. The van der Waals surface area contributed by atoms with E-state index in [1.54, 1.807) is 30.8 Å². The summed E-state index contributed by atoms with van der Waals surface area (Å²) in [6.07, 6.45) is 4.73. The van der Waals surface area contributed by atoms with Crippen LogP contribution in [0, 0.1) is 5.41 Å². The van der Waals surface area contributed by atoms with Crippen LogP contribution in [0.3, 0.4) is 0 Å². The molecule has 0 aliphatic heterocycles. The Morgan fingerprint density at radius 3 is 2.75 bits per heavy atom. The second-order valence-corrected chi connectivity index (χ2v) is 6.09. The number of amides is 1. The van der Waals surface area contributed by atoms with Crippen molar-refractivity contribution in [3.8, 4) is 0 Å². The van der Waals surface area contributed by atoms with Crippen molar-refractivity contribution < 1.29 is 14.7 Å².